The minimum absolute atomic E-state index is 0.0361. The molecule has 0 radical (unpaired) electrons. The van der Waals surface area contributed by atoms with E-state index in [1.54, 1.807) is 6.07 Å². The number of aliphatic hydroxyl groups is 1. The molecule has 4 heterocycles. The van der Waals surface area contributed by atoms with Crippen molar-refractivity contribution < 1.29 is 9.84 Å². The van der Waals surface area contributed by atoms with Crippen LogP contribution in [0.2, 0.25) is 10.0 Å². The molecule has 0 aliphatic carbocycles. The van der Waals surface area contributed by atoms with Crippen LogP contribution in [0.1, 0.15) is 31.2 Å². The van der Waals surface area contributed by atoms with E-state index < -0.39 is 0 Å². The molecule has 33 heavy (non-hydrogen) atoms. The van der Waals surface area contributed by atoms with E-state index in [1.807, 2.05) is 29.7 Å². The number of fused-ring (bicyclic) bond motifs is 1. The number of imidazole rings is 1. The van der Waals surface area contributed by atoms with Crippen LogP contribution in [0, 0.1) is 12.3 Å². The summed E-state index contributed by atoms with van der Waals surface area (Å²) in [5.41, 5.74) is 8.73. The van der Waals surface area contributed by atoms with Gasteiger partial charge >= 0.3 is 0 Å². The highest BCUT2D eigenvalue weighted by Gasteiger charge is 2.47. The normalized spacial score (nSPS) is 22.5. The van der Waals surface area contributed by atoms with Crippen molar-refractivity contribution in [3.63, 3.8) is 0 Å². The monoisotopic (exact) mass is 507 g/mol. The van der Waals surface area contributed by atoms with E-state index >= 15 is 0 Å². The van der Waals surface area contributed by atoms with Crippen molar-refractivity contribution in [1.82, 2.24) is 14.4 Å². The maximum absolute atomic E-state index is 9.78. The first-order valence-electron chi connectivity index (χ1n) is 11.1. The summed E-state index contributed by atoms with van der Waals surface area (Å²) < 4.78 is 7.85. The molecule has 2 aliphatic heterocycles. The topological polar surface area (TPSA) is 88.9 Å². The molecule has 176 valence electrons. The molecule has 2 fully saturated rings. The van der Waals surface area contributed by atoms with Crippen LogP contribution in [-0.4, -0.2) is 51.3 Å². The standard InChI is InChI=1S/C23H27Cl2N5O2S/c1-13-19(33-17-5-3-4-16(24)18(17)25)21-28-15(11-31)10-30(21)22(27-13)29-8-6-23(7-9-29)12-32-14(2)20(23)26/h3-5,10,14,20,31H,6-9,11-12,26H2,1-2H3/t14-,20+/m0/s1. The molecule has 0 saturated carbocycles. The van der Waals surface area contributed by atoms with Crippen molar-refractivity contribution in [2.24, 2.45) is 11.1 Å². The SMILES string of the molecule is Cc1nc(N2CCC3(CC2)CO[C@@H](C)[C@H]3N)n2cc(CO)nc2c1Sc1cccc(Cl)c1Cl. The predicted molar refractivity (Wildman–Crippen MR) is 132 cm³/mol. The van der Waals surface area contributed by atoms with Gasteiger partial charge in [0.2, 0.25) is 5.95 Å². The molecule has 10 heteroatoms. The van der Waals surface area contributed by atoms with Crippen molar-refractivity contribution in [1.29, 1.82) is 0 Å². The summed E-state index contributed by atoms with van der Waals surface area (Å²) in [6, 6.07) is 5.63. The second-order valence-corrected chi connectivity index (χ2v) is 10.8. The molecule has 7 nitrogen and oxygen atoms in total. The highest BCUT2D eigenvalue weighted by atomic mass is 35.5. The third-order valence-corrected chi connectivity index (χ3v) is 9.12. The minimum Gasteiger partial charge on any atom is -0.390 e. The summed E-state index contributed by atoms with van der Waals surface area (Å²) in [6.07, 6.45) is 3.87. The molecule has 5 rings (SSSR count). The van der Waals surface area contributed by atoms with Gasteiger partial charge < -0.3 is 20.5 Å². The number of aryl methyl sites for hydroxylation is 1. The molecule has 0 bridgehead atoms. The number of ether oxygens (including phenoxy) is 1. The molecule has 2 saturated heterocycles. The number of aliphatic hydroxyl groups excluding tert-OH is 1. The van der Waals surface area contributed by atoms with Crippen LogP contribution >= 0.6 is 35.0 Å². The van der Waals surface area contributed by atoms with Crippen molar-refractivity contribution in [3.8, 4) is 0 Å². The number of piperidine rings is 1. The lowest BCUT2D eigenvalue weighted by Crippen LogP contribution is -2.51. The summed E-state index contributed by atoms with van der Waals surface area (Å²) in [7, 11) is 0. The first kappa shape index (κ1) is 23.2. The van der Waals surface area contributed by atoms with Gasteiger partial charge in [0.1, 0.15) is 0 Å². The van der Waals surface area contributed by atoms with Gasteiger partial charge in [-0.1, -0.05) is 41.0 Å². The number of anilines is 1. The lowest BCUT2D eigenvalue weighted by Gasteiger charge is -2.41. The average Bonchev–Trinajstić information content (AvgIpc) is 3.36. The second-order valence-electron chi connectivity index (χ2n) is 8.96. The Morgan fingerprint density at radius 2 is 2.03 bits per heavy atom. The number of hydrogen-bond donors (Lipinski definition) is 2. The minimum atomic E-state index is -0.143. The van der Waals surface area contributed by atoms with Crippen LogP contribution in [0.3, 0.4) is 0 Å². The molecule has 1 aromatic carbocycles. The van der Waals surface area contributed by atoms with Gasteiger partial charge in [0.05, 0.1) is 45.6 Å². The maximum Gasteiger partial charge on any atom is 0.211 e. The largest absolute Gasteiger partial charge is 0.390 e. The van der Waals surface area contributed by atoms with E-state index in [2.05, 4.69) is 11.8 Å². The molecule has 2 atom stereocenters. The molecule has 1 spiro atoms. The van der Waals surface area contributed by atoms with E-state index in [-0.39, 0.29) is 24.2 Å². The Morgan fingerprint density at radius 1 is 1.27 bits per heavy atom. The maximum atomic E-state index is 9.78. The number of nitrogens with two attached hydrogens (primary N) is 1. The van der Waals surface area contributed by atoms with Crippen molar-refractivity contribution in [3.05, 3.63) is 45.8 Å². The Hall–Kier alpha value is -1.55. The Balaban J connectivity index is 1.50. The van der Waals surface area contributed by atoms with Gasteiger partial charge in [-0.05, 0) is 38.8 Å². The van der Waals surface area contributed by atoms with Crippen molar-refractivity contribution >= 4 is 46.6 Å². The van der Waals surface area contributed by atoms with Gasteiger partial charge in [0, 0.05) is 35.6 Å². The first-order chi connectivity index (χ1) is 15.8. The Bertz CT molecular complexity index is 1200. The molecule has 0 amide bonds. The number of nitrogens with zero attached hydrogens (tertiary/aromatic N) is 4. The quantitative estimate of drug-likeness (QED) is 0.543. The highest BCUT2D eigenvalue weighted by Crippen LogP contribution is 2.43. The van der Waals surface area contributed by atoms with Gasteiger partial charge in [0.15, 0.2) is 5.65 Å². The predicted octanol–water partition coefficient (Wildman–Crippen LogP) is 4.32. The third kappa shape index (κ3) is 4.00. The van der Waals surface area contributed by atoms with Crippen LogP contribution in [0.25, 0.3) is 5.65 Å². The van der Waals surface area contributed by atoms with Crippen molar-refractivity contribution in [2.75, 3.05) is 24.6 Å². The fraction of sp³-hybridized carbons (Fsp3) is 0.478. The summed E-state index contributed by atoms with van der Waals surface area (Å²) in [6.45, 7) is 6.29. The van der Waals surface area contributed by atoms with Gasteiger partial charge in [-0.3, -0.25) is 4.40 Å². The van der Waals surface area contributed by atoms with E-state index in [0.29, 0.717) is 15.7 Å². The summed E-state index contributed by atoms with van der Waals surface area (Å²) in [5.74, 6) is 0.826. The fourth-order valence-corrected chi connectivity index (χ4v) is 6.34. The molecule has 2 aliphatic rings. The summed E-state index contributed by atoms with van der Waals surface area (Å²) >= 11 is 14.2. The number of halogens is 2. The van der Waals surface area contributed by atoms with Crippen LogP contribution < -0.4 is 10.6 Å². The first-order valence-corrected chi connectivity index (χ1v) is 12.6. The fourth-order valence-electron chi connectivity index (χ4n) is 4.87. The van der Waals surface area contributed by atoms with Crippen LogP contribution in [-0.2, 0) is 11.3 Å². The van der Waals surface area contributed by atoms with E-state index in [1.165, 1.54) is 11.8 Å². The zero-order valence-electron chi connectivity index (χ0n) is 18.6. The number of hydrogen-bond acceptors (Lipinski definition) is 7. The smallest absolute Gasteiger partial charge is 0.211 e. The van der Waals surface area contributed by atoms with E-state index in [0.717, 1.165) is 59.6 Å². The van der Waals surface area contributed by atoms with E-state index in [9.17, 15) is 5.11 Å². The lowest BCUT2D eigenvalue weighted by atomic mass is 9.73. The third-order valence-electron chi connectivity index (χ3n) is 6.95. The lowest BCUT2D eigenvalue weighted by molar-refractivity contribution is 0.0973. The Labute approximate surface area is 207 Å². The van der Waals surface area contributed by atoms with Gasteiger partial charge in [-0.15, -0.1) is 0 Å². The van der Waals surface area contributed by atoms with Gasteiger partial charge in [-0.25, -0.2) is 9.97 Å². The number of rotatable bonds is 4. The zero-order valence-corrected chi connectivity index (χ0v) is 20.9. The second kappa shape index (κ2) is 8.91. The Morgan fingerprint density at radius 3 is 2.70 bits per heavy atom. The molecule has 3 N–H and O–H groups in total. The van der Waals surface area contributed by atoms with Crippen LogP contribution in [0.4, 0.5) is 5.95 Å². The van der Waals surface area contributed by atoms with Crippen LogP contribution in [0.15, 0.2) is 34.2 Å². The molecule has 0 unspecified atom stereocenters. The number of benzene rings is 1. The Kier molecular flexibility index (Phi) is 6.26. The average molecular weight is 508 g/mol. The summed E-state index contributed by atoms with van der Waals surface area (Å²) in [5, 5.41) is 10.8. The van der Waals surface area contributed by atoms with Gasteiger partial charge in [-0.2, -0.15) is 0 Å². The molecule has 3 aromatic rings. The molecular weight excluding hydrogens is 481 g/mol. The number of aromatic nitrogens is 3. The highest BCUT2D eigenvalue weighted by molar-refractivity contribution is 7.99. The van der Waals surface area contributed by atoms with Gasteiger partial charge in [0.25, 0.3) is 0 Å². The molecular formula is C23H27Cl2N5O2S. The summed E-state index contributed by atoms with van der Waals surface area (Å²) in [4.78, 5) is 13.7. The van der Waals surface area contributed by atoms with Crippen molar-refractivity contribution in [2.45, 2.75) is 55.2 Å². The molecule has 2 aromatic heterocycles. The zero-order chi connectivity index (χ0) is 23.3. The van der Waals surface area contributed by atoms with Crippen LogP contribution in [0.5, 0.6) is 0 Å². The van der Waals surface area contributed by atoms with E-state index in [4.69, 9.17) is 43.6 Å².